The van der Waals surface area contributed by atoms with Crippen LogP contribution in [0.4, 0.5) is 0 Å². The fourth-order valence-corrected chi connectivity index (χ4v) is 1.71. The number of amides is 2. The van der Waals surface area contributed by atoms with Gasteiger partial charge in [0.15, 0.2) is 5.76 Å². The first-order chi connectivity index (χ1) is 12.8. The maximum Gasteiger partial charge on any atom is 0.414 e. The Morgan fingerprint density at radius 2 is 1.59 bits per heavy atom. The second-order valence-electron chi connectivity index (χ2n) is 4.83. The van der Waals surface area contributed by atoms with Crippen molar-refractivity contribution < 1.29 is 38.5 Å². The molecule has 1 heterocycles. The van der Waals surface area contributed by atoms with Crippen molar-refractivity contribution in [1.29, 1.82) is 0 Å². The minimum atomic E-state index is -1.82. The van der Waals surface area contributed by atoms with E-state index in [1.807, 2.05) is 0 Å². The molecule has 2 rings (SSSR count). The summed E-state index contributed by atoms with van der Waals surface area (Å²) in [5, 5.41) is 20.1. The summed E-state index contributed by atoms with van der Waals surface area (Å²) in [6, 6.07) is 10.1. The lowest BCUT2D eigenvalue weighted by Crippen LogP contribution is -2.34. The van der Waals surface area contributed by atoms with Gasteiger partial charge in [0.2, 0.25) is 0 Å². The molecule has 0 fully saturated rings. The Labute approximate surface area is 153 Å². The predicted molar refractivity (Wildman–Crippen MR) is 91.6 cm³/mol. The summed E-state index contributed by atoms with van der Waals surface area (Å²) in [5.74, 6) is -3.32. The number of hydrogen-bond acceptors (Lipinski definition) is 6. The number of benzene rings is 1. The van der Waals surface area contributed by atoms with Crippen LogP contribution in [0, 0.1) is 0 Å². The third-order valence-corrected chi connectivity index (χ3v) is 2.96. The average Bonchev–Trinajstić information content (AvgIpc) is 3.20. The number of rotatable bonds is 6. The fraction of sp³-hybridized carbons (Fsp3) is 0.176. The molecule has 0 bridgehead atoms. The van der Waals surface area contributed by atoms with Crippen molar-refractivity contribution in [3.8, 4) is 5.75 Å². The first-order valence-electron chi connectivity index (χ1n) is 7.55. The summed E-state index contributed by atoms with van der Waals surface area (Å²) in [6.07, 6.45) is 1.43. The van der Waals surface area contributed by atoms with Gasteiger partial charge in [-0.1, -0.05) is 6.07 Å². The van der Waals surface area contributed by atoms with E-state index in [1.165, 1.54) is 6.26 Å². The van der Waals surface area contributed by atoms with Crippen molar-refractivity contribution >= 4 is 23.8 Å². The highest BCUT2D eigenvalue weighted by Gasteiger charge is 2.08. The second kappa shape index (κ2) is 10.9. The summed E-state index contributed by atoms with van der Waals surface area (Å²) in [6.45, 7) is 0.637. The zero-order valence-electron chi connectivity index (χ0n) is 14.3. The molecule has 10 nitrogen and oxygen atoms in total. The summed E-state index contributed by atoms with van der Waals surface area (Å²) in [4.78, 5) is 41.7. The Morgan fingerprint density at radius 3 is 2.11 bits per heavy atom. The summed E-state index contributed by atoms with van der Waals surface area (Å²) in [5.41, 5.74) is 0.506. The van der Waals surface area contributed by atoms with Gasteiger partial charge in [0, 0.05) is 18.7 Å². The van der Waals surface area contributed by atoms with Crippen LogP contribution in [0.15, 0.2) is 47.1 Å². The average molecular weight is 378 g/mol. The Hall–Kier alpha value is -3.82. The van der Waals surface area contributed by atoms with Gasteiger partial charge >= 0.3 is 11.9 Å². The standard InChI is InChI=1S/C15H16N2O4.C2H2O4/c1-20-12-5-2-4-11(10-12)14(18)16-7-8-17-15(19)13-6-3-9-21-13;3-1(4)2(5)6/h2-6,9-10H,7-8H2,1H3,(H,16,18)(H,17,19);(H,3,4)(H,5,6). The molecule has 1 aromatic carbocycles. The largest absolute Gasteiger partial charge is 0.497 e. The molecule has 144 valence electrons. The molecule has 1 aromatic heterocycles. The quantitative estimate of drug-likeness (QED) is 0.421. The molecule has 10 heteroatoms. The number of nitrogens with one attached hydrogen (secondary N) is 2. The van der Waals surface area contributed by atoms with Gasteiger partial charge in [0.05, 0.1) is 13.4 Å². The number of furan rings is 1. The van der Waals surface area contributed by atoms with Gasteiger partial charge in [0.25, 0.3) is 11.8 Å². The van der Waals surface area contributed by atoms with E-state index >= 15 is 0 Å². The smallest absolute Gasteiger partial charge is 0.414 e. The Morgan fingerprint density at radius 1 is 0.963 bits per heavy atom. The number of hydrogen-bond donors (Lipinski definition) is 4. The summed E-state index contributed by atoms with van der Waals surface area (Å²) < 4.78 is 10.0. The maximum absolute atomic E-state index is 11.9. The molecular formula is C17H18N2O8. The Bertz CT molecular complexity index is 774. The zero-order valence-corrected chi connectivity index (χ0v) is 14.3. The van der Waals surface area contributed by atoms with Crippen LogP contribution in [-0.2, 0) is 9.59 Å². The first-order valence-corrected chi connectivity index (χ1v) is 7.55. The number of aliphatic carboxylic acids is 2. The van der Waals surface area contributed by atoms with Gasteiger partial charge in [-0.3, -0.25) is 9.59 Å². The van der Waals surface area contributed by atoms with E-state index in [2.05, 4.69) is 10.6 Å². The van der Waals surface area contributed by atoms with E-state index in [0.29, 0.717) is 24.4 Å². The van der Waals surface area contributed by atoms with Crippen LogP contribution < -0.4 is 15.4 Å². The highest BCUT2D eigenvalue weighted by molar-refractivity contribution is 6.27. The summed E-state index contributed by atoms with van der Waals surface area (Å²) >= 11 is 0. The number of methoxy groups -OCH3 is 1. The van der Waals surface area contributed by atoms with Crippen molar-refractivity contribution in [1.82, 2.24) is 10.6 Å². The lowest BCUT2D eigenvalue weighted by molar-refractivity contribution is -0.159. The van der Waals surface area contributed by atoms with Crippen molar-refractivity contribution in [2.24, 2.45) is 0 Å². The molecule has 2 aromatic rings. The van der Waals surface area contributed by atoms with Crippen molar-refractivity contribution in [3.63, 3.8) is 0 Å². The molecule has 0 atom stereocenters. The van der Waals surface area contributed by atoms with Crippen LogP contribution in [0.1, 0.15) is 20.9 Å². The molecule has 0 unspecified atom stereocenters. The number of ether oxygens (including phenoxy) is 1. The topological polar surface area (TPSA) is 155 Å². The van der Waals surface area contributed by atoms with Crippen LogP contribution in [-0.4, -0.2) is 54.2 Å². The van der Waals surface area contributed by atoms with Gasteiger partial charge in [-0.05, 0) is 30.3 Å². The molecule has 0 aliphatic rings. The number of carboxylic acids is 2. The van der Waals surface area contributed by atoms with Crippen molar-refractivity contribution in [3.05, 3.63) is 54.0 Å². The van der Waals surface area contributed by atoms with Crippen LogP contribution in [0.25, 0.3) is 0 Å². The molecule has 2 amide bonds. The molecule has 0 aliphatic carbocycles. The summed E-state index contributed by atoms with van der Waals surface area (Å²) in [7, 11) is 1.54. The lowest BCUT2D eigenvalue weighted by Gasteiger charge is -2.07. The lowest BCUT2D eigenvalue weighted by atomic mass is 10.2. The molecule has 0 aliphatic heterocycles. The van der Waals surface area contributed by atoms with Gasteiger partial charge < -0.3 is 30.0 Å². The zero-order chi connectivity index (χ0) is 20.2. The van der Waals surface area contributed by atoms with Crippen LogP contribution in [0.3, 0.4) is 0 Å². The van der Waals surface area contributed by atoms with E-state index in [-0.39, 0.29) is 17.6 Å². The number of carboxylic acid groups (broad SMARTS) is 2. The molecule has 0 saturated carbocycles. The third kappa shape index (κ3) is 7.73. The Kier molecular flexibility index (Phi) is 8.59. The van der Waals surface area contributed by atoms with Crippen LogP contribution in [0.2, 0.25) is 0 Å². The first kappa shape index (κ1) is 21.2. The second-order valence-corrected chi connectivity index (χ2v) is 4.83. The molecule has 0 spiro atoms. The van der Waals surface area contributed by atoms with E-state index in [0.717, 1.165) is 0 Å². The number of carbonyl (C=O) groups is 4. The van der Waals surface area contributed by atoms with Gasteiger partial charge in [0.1, 0.15) is 5.75 Å². The SMILES string of the molecule is COc1cccc(C(=O)NCCNC(=O)c2ccco2)c1.O=C(O)C(=O)O. The van der Waals surface area contributed by atoms with E-state index < -0.39 is 11.9 Å². The minimum Gasteiger partial charge on any atom is -0.497 e. The Balaban J connectivity index is 0.000000527. The predicted octanol–water partition coefficient (Wildman–Crippen LogP) is 0.604. The van der Waals surface area contributed by atoms with Crippen LogP contribution >= 0.6 is 0 Å². The molecule has 0 saturated heterocycles. The third-order valence-electron chi connectivity index (χ3n) is 2.96. The number of carbonyl (C=O) groups excluding carboxylic acids is 2. The highest BCUT2D eigenvalue weighted by atomic mass is 16.5. The monoisotopic (exact) mass is 378 g/mol. The van der Waals surface area contributed by atoms with E-state index in [9.17, 15) is 9.59 Å². The van der Waals surface area contributed by atoms with Crippen molar-refractivity contribution in [2.75, 3.05) is 20.2 Å². The van der Waals surface area contributed by atoms with E-state index in [1.54, 1.807) is 43.5 Å². The highest BCUT2D eigenvalue weighted by Crippen LogP contribution is 2.12. The normalized spacial score (nSPS) is 9.37. The maximum atomic E-state index is 11.9. The molecule has 27 heavy (non-hydrogen) atoms. The van der Waals surface area contributed by atoms with Crippen LogP contribution in [0.5, 0.6) is 5.75 Å². The van der Waals surface area contributed by atoms with Gasteiger partial charge in [-0.15, -0.1) is 0 Å². The molecule has 4 N–H and O–H groups in total. The fourth-order valence-electron chi connectivity index (χ4n) is 1.71. The molecular weight excluding hydrogens is 360 g/mol. The van der Waals surface area contributed by atoms with Gasteiger partial charge in [-0.2, -0.15) is 0 Å². The van der Waals surface area contributed by atoms with Crippen molar-refractivity contribution in [2.45, 2.75) is 0 Å². The van der Waals surface area contributed by atoms with Gasteiger partial charge in [-0.25, -0.2) is 9.59 Å². The van der Waals surface area contributed by atoms with E-state index in [4.69, 9.17) is 29.0 Å². The minimum absolute atomic E-state index is 0.221. The molecule has 0 radical (unpaired) electrons.